The van der Waals surface area contributed by atoms with Gasteiger partial charge in [-0.25, -0.2) is 12.7 Å². The van der Waals surface area contributed by atoms with Crippen molar-refractivity contribution in [2.24, 2.45) is 5.92 Å². The van der Waals surface area contributed by atoms with Crippen LogP contribution in [-0.4, -0.2) is 25.8 Å². The van der Waals surface area contributed by atoms with Crippen LogP contribution in [0.5, 0.6) is 0 Å². The monoisotopic (exact) mass is 287 g/mol. The maximum atomic E-state index is 12.3. The van der Waals surface area contributed by atoms with Crippen LogP contribution in [0.15, 0.2) is 24.3 Å². The molecule has 1 heterocycles. The third-order valence-electron chi connectivity index (χ3n) is 3.31. The van der Waals surface area contributed by atoms with E-state index < -0.39 is 10.0 Å². The summed E-state index contributed by atoms with van der Waals surface area (Å²) in [5.41, 5.74) is 0.678. The highest BCUT2D eigenvalue weighted by atomic mass is 35.5. The highest BCUT2D eigenvalue weighted by molar-refractivity contribution is 7.88. The fourth-order valence-corrected chi connectivity index (χ4v) is 4.30. The molecule has 0 N–H and O–H groups in total. The summed E-state index contributed by atoms with van der Waals surface area (Å²) < 4.78 is 26.2. The zero-order chi connectivity index (χ0) is 13.2. The van der Waals surface area contributed by atoms with Gasteiger partial charge in [0.25, 0.3) is 0 Å². The van der Waals surface area contributed by atoms with E-state index in [1.165, 1.54) is 0 Å². The van der Waals surface area contributed by atoms with E-state index in [0.717, 1.165) is 12.8 Å². The molecule has 0 aliphatic carbocycles. The van der Waals surface area contributed by atoms with Crippen molar-refractivity contribution in [3.63, 3.8) is 0 Å². The summed E-state index contributed by atoms with van der Waals surface area (Å²) in [4.78, 5) is 0. The molecule has 1 fully saturated rings. The lowest BCUT2D eigenvalue weighted by molar-refractivity contribution is 0.281. The third kappa shape index (κ3) is 3.25. The van der Waals surface area contributed by atoms with Gasteiger partial charge in [-0.15, -0.1) is 0 Å². The Kier molecular flexibility index (Phi) is 4.30. The Labute approximate surface area is 114 Å². The molecule has 1 aliphatic rings. The van der Waals surface area contributed by atoms with E-state index >= 15 is 0 Å². The number of piperidine rings is 1. The maximum Gasteiger partial charge on any atom is 0.218 e. The molecule has 0 amide bonds. The second kappa shape index (κ2) is 5.59. The van der Waals surface area contributed by atoms with Crippen molar-refractivity contribution in [3.8, 4) is 0 Å². The van der Waals surface area contributed by atoms with Crippen LogP contribution in [0.4, 0.5) is 0 Å². The lowest BCUT2D eigenvalue weighted by Crippen LogP contribution is -2.39. The van der Waals surface area contributed by atoms with Crippen molar-refractivity contribution in [1.29, 1.82) is 0 Å². The van der Waals surface area contributed by atoms with E-state index in [2.05, 4.69) is 6.92 Å². The fraction of sp³-hybridized carbons (Fsp3) is 0.538. The first-order valence-corrected chi connectivity index (χ1v) is 8.19. The molecule has 1 aromatic rings. The summed E-state index contributed by atoms with van der Waals surface area (Å²) in [6, 6.07) is 7.12. The van der Waals surface area contributed by atoms with E-state index in [1.54, 1.807) is 22.5 Å². The van der Waals surface area contributed by atoms with Crippen LogP contribution in [0, 0.1) is 5.92 Å². The number of hydrogen-bond acceptors (Lipinski definition) is 2. The van der Waals surface area contributed by atoms with E-state index in [0.29, 0.717) is 29.6 Å². The van der Waals surface area contributed by atoms with Gasteiger partial charge in [0.1, 0.15) is 0 Å². The molecule has 1 saturated heterocycles. The van der Waals surface area contributed by atoms with Gasteiger partial charge in [-0.05, 0) is 30.4 Å². The second-order valence-corrected chi connectivity index (χ2v) is 7.33. The van der Waals surface area contributed by atoms with Crippen LogP contribution < -0.4 is 0 Å². The molecular weight excluding hydrogens is 270 g/mol. The van der Waals surface area contributed by atoms with Crippen LogP contribution in [-0.2, 0) is 15.8 Å². The van der Waals surface area contributed by atoms with Crippen molar-refractivity contribution in [2.45, 2.75) is 25.5 Å². The van der Waals surface area contributed by atoms with Crippen LogP contribution >= 0.6 is 11.6 Å². The molecule has 2 rings (SSSR count). The minimum atomic E-state index is -3.24. The first-order valence-electron chi connectivity index (χ1n) is 6.20. The zero-order valence-corrected chi connectivity index (χ0v) is 12.0. The summed E-state index contributed by atoms with van der Waals surface area (Å²) in [6.07, 6.45) is 2.06. The molecule has 0 spiro atoms. The van der Waals surface area contributed by atoms with E-state index in [4.69, 9.17) is 11.6 Å². The number of rotatable bonds is 3. The summed E-state index contributed by atoms with van der Waals surface area (Å²) in [5.74, 6) is 0.444. The fourth-order valence-electron chi connectivity index (χ4n) is 2.30. The molecular formula is C13H18ClNO2S. The van der Waals surface area contributed by atoms with Crippen LogP contribution in [0.1, 0.15) is 25.3 Å². The van der Waals surface area contributed by atoms with E-state index in [-0.39, 0.29) is 5.75 Å². The molecule has 0 saturated carbocycles. The predicted molar refractivity (Wildman–Crippen MR) is 74.0 cm³/mol. The number of sulfonamides is 1. The summed E-state index contributed by atoms with van der Waals surface area (Å²) in [7, 11) is -3.24. The summed E-state index contributed by atoms with van der Waals surface area (Å²) >= 11 is 6.01. The summed E-state index contributed by atoms with van der Waals surface area (Å²) in [6.45, 7) is 3.36. The standard InChI is InChI=1S/C13H18ClNO2S/c1-11-5-4-8-15(9-11)18(16,17)10-12-6-2-3-7-13(12)14/h2-3,6-7,11H,4-5,8-10H2,1H3/t11-/m0/s1. The molecule has 0 aromatic heterocycles. The van der Waals surface area contributed by atoms with Gasteiger partial charge in [0.2, 0.25) is 10.0 Å². The van der Waals surface area contributed by atoms with Crippen molar-refractivity contribution in [1.82, 2.24) is 4.31 Å². The second-order valence-electron chi connectivity index (χ2n) is 4.95. The summed E-state index contributed by atoms with van der Waals surface area (Å²) in [5, 5.41) is 0.520. The van der Waals surface area contributed by atoms with Gasteiger partial charge >= 0.3 is 0 Å². The van der Waals surface area contributed by atoms with Crippen molar-refractivity contribution in [3.05, 3.63) is 34.9 Å². The predicted octanol–water partition coefficient (Wildman–Crippen LogP) is 2.90. The maximum absolute atomic E-state index is 12.3. The van der Waals surface area contributed by atoms with Crippen LogP contribution in [0.25, 0.3) is 0 Å². The first kappa shape index (κ1) is 13.8. The normalized spacial score (nSPS) is 22.0. The van der Waals surface area contributed by atoms with Crippen molar-refractivity contribution >= 4 is 21.6 Å². The lowest BCUT2D eigenvalue weighted by Gasteiger charge is -2.30. The Balaban J connectivity index is 2.14. The molecule has 1 atom stereocenters. The van der Waals surface area contributed by atoms with Crippen LogP contribution in [0.3, 0.4) is 0 Å². The van der Waals surface area contributed by atoms with Crippen molar-refractivity contribution in [2.75, 3.05) is 13.1 Å². The molecule has 1 aromatic carbocycles. The Morgan fingerprint density at radius 1 is 1.39 bits per heavy atom. The highest BCUT2D eigenvalue weighted by Gasteiger charge is 2.27. The van der Waals surface area contributed by atoms with E-state index in [9.17, 15) is 8.42 Å². The largest absolute Gasteiger partial charge is 0.218 e. The van der Waals surface area contributed by atoms with Gasteiger partial charge in [0, 0.05) is 18.1 Å². The minimum absolute atomic E-state index is 0.000602. The van der Waals surface area contributed by atoms with Gasteiger partial charge in [-0.3, -0.25) is 0 Å². The number of benzene rings is 1. The molecule has 3 nitrogen and oxygen atoms in total. The molecule has 0 unspecified atom stereocenters. The topological polar surface area (TPSA) is 37.4 Å². The highest BCUT2D eigenvalue weighted by Crippen LogP contribution is 2.23. The van der Waals surface area contributed by atoms with Gasteiger partial charge in [0.15, 0.2) is 0 Å². The molecule has 18 heavy (non-hydrogen) atoms. The van der Waals surface area contributed by atoms with E-state index in [1.807, 2.05) is 6.07 Å². The average molecular weight is 288 g/mol. The number of nitrogens with zero attached hydrogens (tertiary/aromatic N) is 1. The molecule has 100 valence electrons. The molecule has 0 bridgehead atoms. The first-order chi connectivity index (χ1) is 8.49. The van der Waals surface area contributed by atoms with Gasteiger partial charge in [0.05, 0.1) is 5.75 Å². The minimum Gasteiger partial charge on any atom is -0.212 e. The molecule has 0 radical (unpaired) electrons. The molecule has 5 heteroatoms. The lowest BCUT2D eigenvalue weighted by atomic mass is 10.0. The van der Waals surface area contributed by atoms with Crippen molar-refractivity contribution < 1.29 is 8.42 Å². The molecule has 1 aliphatic heterocycles. The Hall–Kier alpha value is -0.580. The Bertz CT molecular complexity index is 515. The Morgan fingerprint density at radius 3 is 2.78 bits per heavy atom. The smallest absolute Gasteiger partial charge is 0.212 e. The third-order valence-corrected chi connectivity index (χ3v) is 5.47. The number of hydrogen-bond donors (Lipinski definition) is 0. The van der Waals surface area contributed by atoms with Crippen LogP contribution in [0.2, 0.25) is 5.02 Å². The SMILES string of the molecule is C[C@H]1CCCN(S(=O)(=O)Cc2ccccc2Cl)C1. The quantitative estimate of drug-likeness (QED) is 0.857. The Morgan fingerprint density at radius 2 is 2.11 bits per heavy atom. The average Bonchev–Trinajstić information content (AvgIpc) is 2.32. The van der Waals surface area contributed by atoms with Gasteiger partial charge in [-0.1, -0.05) is 36.7 Å². The number of halogens is 1. The van der Waals surface area contributed by atoms with Gasteiger partial charge in [-0.2, -0.15) is 0 Å². The zero-order valence-electron chi connectivity index (χ0n) is 10.5. The van der Waals surface area contributed by atoms with Gasteiger partial charge < -0.3 is 0 Å².